The molecule has 1 amide bonds. The lowest BCUT2D eigenvalue weighted by Crippen LogP contribution is -2.33. The van der Waals surface area contributed by atoms with Crippen LogP contribution in [-0.2, 0) is 9.53 Å². The molecule has 2 unspecified atom stereocenters. The number of amides is 1. The average molecular weight is 364 g/mol. The molecule has 108 valence electrons. The highest BCUT2D eigenvalue weighted by Gasteiger charge is 2.30. The van der Waals surface area contributed by atoms with Gasteiger partial charge in [0.05, 0.1) is 11.7 Å². The first-order chi connectivity index (χ1) is 9.47. The number of carbonyl (C=O) groups is 2. The molecule has 0 aliphatic carbocycles. The Balaban J connectivity index is 1.90. The molecule has 6 nitrogen and oxygen atoms in total. The van der Waals surface area contributed by atoms with Gasteiger partial charge in [0.15, 0.2) is 6.10 Å². The molecule has 0 bridgehead atoms. The number of ether oxygens (including phenoxy) is 1. The molecular weight excluding hydrogens is 351 g/mol. The van der Waals surface area contributed by atoms with E-state index in [1.54, 1.807) is 6.07 Å². The first kappa shape index (κ1) is 15.2. The van der Waals surface area contributed by atoms with Gasteiger partial charge in [0.2, 0.25) is 0 Å². The van der Waals surface area contributed by atoms with Crippen molar-refractivity contribution >= 4 is 39.4 Å². The zero-order valence-corrected chi connectivity index (χ0v) is 12.6. The summed E-state index contributed by atoms with van der Waals surface area (Å²) in [6, 6.07) is 1.57. The predicted molar refractivity (Wildman–Crippen MR) is 74.8 cm³/mol. The fourth-order valence-electron chi connectivity index (χ4n) is 1.92. The molecule has 2 atom stereocenters. The standard InChI is InChI=1S/C12H12BrClN2O4/c13-6-3-8(10(14)15-4-6)11(17)16-5-7-1-2-9(20-7)12(18)19/h3-4,7,9H,1-2,5H2,(H,16,17)(H,18,19). The second-order valence-corrected chi connectivity index (χ2v) is 5.64. The third-order valence-electron chi connectivity index (χ3n) is 2.92. The van der Waals surface area contributed by atoms with E-state index >= 15 is 0 Å². The van der Waals surface area contributed by atoms with Crippen LogP contribution < -0.4 is 5.32 Å². The number of carboxylic acid groups (broad SMARTS) is 1. The fourth-order valence-corrected chi connectivity index (χ4v) is 2.44. The molecule has 0 radical (unpaired) electrons. The van der Waals surface area contributed by atoms with Crippen LogP contribution in [0, 0.1) is 0 Å². The van der Waals surface area contributed by atoms with E-state index in [4.69, 9.17) is 21.4 Å². The minimum atomic E-state index is -0.974. The highest BCUT2D eigenvalue weighted by Crippen LogP contribution is 2.20. The molecule has 8 heteroatoms. The van der Waals surface area contributed by atoms with Crippen molar-refractivity contribution < 1.29 is 19.4 Å². The maximum absolute atomic E-state index is 12.0. The monoisotopic (exact) mass is 362 g/mol. The summed E-state index contributed by atoms with van der Waals surface area (Å²) >= 11 is 9.06. The molecule has 0 aromatic carbocycles. The molecular formula is C12H12BrClN2O4. The first-order valence-electron chi connectivity index (χ1n) is 5.95. The van der Waals surface area contributed by atoms with Crippen LogP contribution in [0.4, 0.5) is 0 Å². The summed E-state index contributed by atoms with van der Waals surface area (Å²) in [6.07, 6.45) is 1.47. The van der Waals surface area contributed by atoms with Crippen LogP contribution in [0.5, 0.6) is 0 Å². The van der Waals surface area contributed by atoms with Gasteiger partial charge in [0, 0.05) is 17.2 Å². The number of aliphatic carboxylic acids is 1. The second kappa shape index (κ2) is 6.51. The fraction of sp³-hybridized carbons (Fsp3) is 0.417. The van der Waals surface area contributed by atoms with E-state index in [0.29, 0.717) is 17.3 Å². The van der Waals surface area contributed by atoms with Gasteiger partial charge < -0.3 is 15.2 Å². The summed E-state index contributed by atoms with van der Waals surface area (Å²) in [5, 5.41) is 11.6. The van der Waals surface area contributed by atoms with Gasteiger partial charge in [0.25, 0.3) is 5.91 Å². The van der Waals surface area contributed by atoms with Gasteiger partial charge in [0.1, 0.15) is 5.15 Å². The lowest BCUT2D eigenvalue weighted by molar-refractivity contribution is -0.149. The largest absolute Gasteiger partial charge is 0.479 e. The summed E-state index contributed by atoms with van der Waals surface area (Å²) < 4.78 is 5.94. The summed E-state index contributed by atoms with van der Waals surface area (Å²) in [5.74, 6) is -1.34. The summed E-state index contributed by atoms with van der Waals surface area (Å²) in [5.41, 5.74) is 0.258. The maximum Gasteiger partial charge on any atom is 0.332 e. The Morgan fingerprint density at radius 3 is 2.95 bits per heavy atom. The van der Waals surface area contributed by atoms with Crippen molar-refractivity contribution in [1.82, 2.24) is 10.3 Å². The van der Waals surface area contributed by atoms with Gasteiger partial charge in [-0.15, -0.1) is 0 Å². The third kappa shape index (κ3) is 3.68. The number of hydrogen-bond donors (Lipinski definition) is 2. The number of aromatic nitrogens is 1. The van der Waals surface area contributed by atoms with Gasteiger partial charge in [-0.2, -0.15) is 0 Å². The average Bonchev–Trinajstić information content (AvgIpc) is 2.88. The molecule has 1 aliphatic rings. The number of nitrogens with one attached hydrogen (secondary N) is 1. The van der Waals surface area contributed by atoms with E-state index in [1.165, 1.54) is 6.20 Å². The highest BCUT2D eigenvalue weighted by atomic mass is 79.9. The van der Waals surface area contributed by atoms with Crippen molar-refractivity contribution in [2.75, 3.05) is 6.54 Å². The minimum Gasteiger partial charge on any atom is -0.479 e. The molecule has 1 aromatic heterocycles. The van der Waals surface area contributed by atoms with Crippen molar-refractivity contribution in [3.05, 3.63) is 27.5 Å². The topological polar surface area (TPSA) is 88.5 Å². The smallest absolute Gasteiger partial charge is 0.332 e. The molecule has 1 fully saturated rings. The third-order valence-corrected chi connectivity index (χ3v) is 3.66. The zero-order chi connectivity index (χ0) is 14.7. The van der Waals surface area contributed by atoms with Crippen LogP contribution in [0.25, 0.3) is 0 Å². The second-order valence-electron chi connectivity index (χ2n) is 4.36. The van der Waals surface area contributed by atoms with Crippen LogP contribution in [0.3, 0.4) is 0 Å². The molecule has 1 aromatic rings. The molecule has 0 saturated carbocycles. The van der Waals surface area contributed by atoms with Crippen LogP contribution >= 0.6 is 27.5 Å². The molecule has 0 spiro atoms. The van der Waals surface area contributed by atoms with Crippen molar-refractivity contribution in [3.8, 4) is 0 Å². The van der Waals surface area contributed by atoms with Gasteiger partial charge in [-0.25, -0.2) is 9.78 Å². The van der Waals surface area contributed by atoms with Crippen LogP contribution in [0.15, 0.2) is 16.7 Å². The minimum absolute atomic E-state index is 0.112. The Morgan fingerprint density at radius 2 is 2.30 bits per heavy atom. The van der Waals surface area contributed by atoms with Crippen LogP contribution in [0.1, 0.15) is 23.2 Å². The SMILES string of the molecule is O=C(NCC1CCC(C(=O)O)O1)c1cc(Br)cnc1Cl. The highest BCUT2D eigenvalue weighted by molar-refractivity contribution is 9.10. The van der Waals surface area contributed by atoms with Crippen molar-refractivity contribution in [2.24, 2.45) is 0 Å². The number of carbonyl (C=O) groups excluding carboxylic acids is 1. The number of carboxylic acids is 1. The molecule has 2 heterocycles. The van der Waals surface area contributed by atoms with Crippen molar-refractivity contribution in [1.29, 1.82) is 0 Å². The van der Waals surface area contributed by atoms with E-state index in [-0.39, 0.29) is 29.3 Å². The van der Waals surface area contributed by atoms with Crippen LogP contribution in [-0.4, -0.2) is 40.7 Å². The van der Waals surface area contributed by atoms with Gasteiger partial charge in [-0.3, -0.25) is 4.79 Å². The predicted octanol–water partition coefficient (Wildman–Crippen LogP) is 1.86. The molecule has 20 heavy (non-hydrogen) atoms. The van der Waals surface area contributed by atoms with E-state index < -0.39 is 12.1 Å². The number of hydrogen-bond acceptors (Lipinski definition) is 4. The lowest BCUT2D eigenvalue weighted by Gasteiger charge is -2.12. The van der Waals surface area contributed by atoms with Crippen molar-refractivity contribution in [2.45, 2.75) is 25.0 Å². The number of pyridine rings is 1. The Hall–Kier alpha value is -1.18. The van der Waals surface area contributed by atoms with Gasteiger partial charge in [-0.1, -0.05) is 11.6 Å². The van der Waals surface area contributed by atoms with Crippen molar-refractivity contribution in [3.63, 3.8) is 0 Å². The lowest BCUT2D eigenvalue weighted by atomic mass is 10.2. The van der Waals surface area contributed by atoms with Crippen LogP contribution in [0.2, 0.25) is 5.15 Å². The Bertz CT molecular complexity index is 540. The Morgan fingerprint density at radius 1 is 1.55 bits per heavy atom. The summed E-state index contributed by atoms with van der Waals surface area (Å²) in [4.78, 5) is 26.6. The maximum atomic E-state index is 12.0. The summed E-state index contributed by atoms with van der Waals surface area (Å²) in [6.45, 7) is 0.242. The van der Waals surface area contributed by atoms with E-state index in [0.717, 1.165) is 0 Å². The molecule has 1 saturated heterocycles. The first-order valence-corrected chi connectivity index (χ1v) is 7.12. The summed E-state index contributed by atoms with van der Waals surface area (Å²) in [7, 11) is 0. The Labute approximate surface area is 128 Å². The van der Waals surface area contributed by atoms with E-state index in [9.17, 15) is 9.59 Å². The number of nitrogens with zero attached hydrogens (tertiary/aromatic N) is 1. The zero-order valence-electron chi connectivity index (χ0n) is 10.3. The molecule has 2 rings (SSSR count). The van der Waals surface area contributed by atoms with Gasteiger partial charge in [-0.05, 0) is 34.8 Å². The number of halogens is 2. The normalized spacial score (nSPS) is 21.7. The molecule has 1 aliphatic heterocycles. The molecule has 2 N–H and O–H groups in total. The number of rotatable bonds is 4. The van der Waals surface area contributed by atoms with E-state index in [2.05, 4.69) is 26.2 Å². The van der Waals surface area contributed by atoms with Gasteiger partial charge >= 0.3 is 5.97 Å². The Kier molecular flexibility index (Phi) is 4.95. The van der Waals surface area contributed by atoms with E-state index in [1.807, 2.05) is 0 Å². The quantitative estimate of drug-likeness (QED) is 0.797.